The molecule has 0 aliphatic carbocycles. The summed E-state index contributed by atoms with van der Waals surface area (Å²) in [5.74, 6) is 0.141. The minimum Gasteiger partial charge on any atom is -0.339 e. The molecule has 1 aliphatic rings. The second-order valence-corrected chi connectivity index (χ2v) is 3.47. The van der Waals surface area contributed by atoms with Crippen LogP contribution in [-0.2, 0) is 11.3 Å². The molecule has 2 N–H and O–H groups in total. The summed E-state index contributed by atoms with van der Waals surface area (Å²) in [4.78, 5) is 13.2. The van der Waals surface area contributed by atoms with Crippen LogP contribution in [0.1, 0.15) is 6.42 Å². The van der Waals surface area contributed by atoms with Crippen LogP contribution < -0.4 is 5.73 Å². The Hall–Kier alpha value is -1.43. The molecule has 0 aromatic carbocycles. The van der Waals surface area contributed by atoms with E-state index in [1.807, 2.05) is 0 Å². The molecular weight excluding hydrogens is 182 g/mol. The number of carbonyl (C=O) groups excluding carboxylic acids is 1. The zero-order chi connectivity index (χ0) is 9.97. The Morgan fingerprint density at radius 1 is 1.57 bits per heavy atom. The third-order valence-corrected chi connectivity index (χ3v) is 2.29. The van der Waals surface area contributed by atoms with Gasteiger partial charge in [0.2, 0.25) is 5.91 Å². The Morgan fingerprint density at radius 2 is 2.36 bits per heavy atom. The molecule has 2 heterocycles. The topological polar surface area (TPSA) is 77.0 Å². The second kappa shape index (κ2) is 3.75. The number of carbonyl (C=O) groups is 1. The Morgan fingerprint density at radius 3 is 2.93 bits per heavy atom. The van der Waals surface area contributed by atoms with Crippen molar-refractivity contribution >= 4 is 5.91 Å². The van der Waals surface area contributed by atoms with Gasteiger partial charge in [-0.05, 0) is 0 Å². The van der Waals surface area contributed by atoms with E-state index in [0.29, 0.717) is 26.1 Å². The van der Waals surface area contributed by atoms with Crippen molar-refractivity contribution < 1.29 is 4.79 Å². The monoisotopic (exact) mass is 195 g/mol. The number of rotatable bonds is 3. The van der Waals surface area contributed by atoms with Crippen molar-refractivity contribution in [3.63, 3.8) is 0 Å². The van der Waals surface area contributed by atoms with E-state index in [1.165, 1.54) is 0 Å². The molecule has 0 saturated carbocycles. The molecule has 0 atom stereocenters. The highest BCUT2D eigenvalue weighted by Crippen LogP contribution is 2.07. The van der Waals surface area contributed by atoms with Crippen LogP contribution in [0, 0.1) is 0 Å². The Labute approximate surface area is 81.7 Å². The van der Waals surface area contributed by atoms with E-state index < -0.39 is 0 Å². The van der Waals surface area contributed by atoms with Crippen LogP contribution in [0.15, 0.2) is 12.4 Å². The number of hydrogen-bond donors (Lipinski definition) is 1. The zero-order valence-electron chi connectivity index (χ0n) is 7.83. The fourth-order valence-electron chi connectivity index (χ4n) is 1.44. The molecule has 1 saturated heterocycles. The maximum atomic E-state index is 11.5. The van der Waals surface area contributed by atoms with Gasteiger partial charge in [-0.25, -0.2) is 0 Å². The van der Waals surface area contributed by atoms with Gasteiger partial charge >= 0.3 is 0 Å². The number of aromatic nitrogens is 3. The summed E-state index contributed by atoms with van der Waals surface area (Å²) in [6.45, 7) is 1.97. The molecule has 76 valence electrons. The van der Waals surface area contributed by atoms with Gasteiger partial charge in [-0.2, -0.15) is 0 Å². The summed E-state index contributed by atoms with van der Waals surface area (Å²) in [5.41, 5.74) is 5.58. The van der Waals surface area contributed by atoms with Crippen molar-refractivity contribution in [2.75, 3.05) is 13.1 Å². The summed E-state index contributed by atoms with van der Waals surface area (Å²) < 4.78 is 1.65. The smallest absolute Gasteiger partial charge is 0.224 e. The summed E-state index contributed by atoms with van der Waals surface area (Å²) in [5, 5.41) is 7.44. The van der Waals surface area contributed by atoms with Crippen LogP contribution in [0.5, 0.6) is 0 Å². The molecule has 1 aromatic rings. The highest BCUT2D eigenvalue weighted by Gasteiger charge is 2.26. The van der Waals surface area contributed by atoms with Crippen molar-refractivity contribution in [1.29, 1.82) is 0 Å². The molecule has 2 rings (SSSR count). The predicted octanol–water partition coefficient (Wildman–Crippen LogP) is -1.16. The van der Waals surface area contributed by atoms with E-state index in [9.17, 15) is 4.79 Å². The molecule has 0 unspecified atom stereocenters. The summed E-state index contributed by atoms with van der Waals surface area (Å²) in [6, 6.07) is 0.172. The van der Waals surface area contributed by atoms with Crippen molar-refractivity contribution in [2.45, 2.75) is 19.0 Å². The van der Waals surface area contributed by atoms with Crippen LogP contribution in [-0.4, -0.2) is 44.9 Å². The second-order valence-electron chi connectivity index (χ2n) is 3.47. The Bertz CT molecular complexity index is 304. The highest BCUT2D eigenvalue weighted by atomic mass is 16.2. The van der Waals surface area contributed by atoms with Gasteiger partial charge in [-0.15, -0.1) is 5.10 Å². The van der Waals surface area contributed by atoms with Gasteiger partial charge in [0.1, 0.15) is 0 Å². The third-order valence-electron chi connectivity index (χ3n) is 2.29. The molecule has 14 heavy (non-hydrogen) atoms. The Kier molecular flexibility index (Phi) is 2.45. The molecule has 0 bridgehead atoms. The van der Waals surface area contributed by atoms with Gasteiger partial charge in [0, 0.05) is 31.7 Å². The number of likely N-dealkylation sites (tertiary alicyclic amines) is 1. The minimum absolute atomic E-state index is 0.141. The van der Waals surface area contributed by atoms with Crippen molar-refractivity contribution in [2.24, 2.45) is 5.73 Å². The first-order chi connectivity index (χ1) is 6.75. The van der Waals surface area contributed by atoms with Gasteiger partial charge in [0.15, 0.2) is 0 Å². The van der Waals surface area contributed by atoms with Crippen molar-refractivity contribution in [3.05, 3.63) is 12.4 Å². The van der Waals surface area contributed by atoms with Crippen LogP contribution in [0.3, 0.4) is 0 Å². The molecule has 1 fully saturated rings. The van der Waals surface area contributed by atoms with Crippen LogP contribution in [0.2, 0.25) is 0 Å². The number of aryl methyl sites for hydroxylation is 1. The molecule has 1 amide bonds. The van der Waals surface area contributed by atoms with Crippen molar-refractivity contribution in [3.8, 4) is 0 Å². The number of amides is 1. The quantitative estimate of drug-likeness (QED) is 0.659. The predicted molar refractivity (Wildman–Crippen MR) is 49.2 cm³/mol. The first kappa shape index (κ1) is 9.14. The SMILES string of the molecule is NC1CN(C(=O)CCn2ccnn2)C1. The Balaban J connectivity index is 1.73. The molecule has 1 aliphatic heterocycles. The first-order valence-corrected chi connectivity index (χ1v) is 4.63. The molecule has 1 aromatic heterocycles. The van der Waals surface area contributed by atoms with E-state index in [0.717, 1.165) is 0 Å². The first-order valence-electron chi connectivity index (χ1n) is 4.63. The molecule has 6 nitrogen and oxygen atoms in total. The standard InChI is InChI=1S/C8H13N5O/c9-7-5-12(6-7)8(14)1-3-13-4-2-10-11-13/h2,4,7H,1,3,5-6,9H2. The number of nitrogens with zero attached hydrogens (tertiary/aromatic N) is 4. The minimum atomic E-state index is 0.141. The molecule has 0 spiro atoms. The van der Waals surface area contributed by atoms with Gasteiger partial charge in [0.05, 0.1) is 12.7 Å². The summed E-state index contributed by atoms with van der Waals surface area (Å²) in [6.07, 6.45) is 3.81. The van der Waals surface area contributed by atoms with E-state index >= 15 is 0 Å². The van der Waals surface area contributed by atoms with Gasteiger partial charge in [-0.3, -0.25) is 9.48 Å². The molecule has 0 radical (unpaired) electrons. The molecule has 6 heteroatoms. The fourth-order valence-corrected chi connectivity index (χ4v) is 1.44. The maximum absolute atomic E-state index is 11.5. The van der Waals surface area contributed by atoms with Crippen LogP contribution in [0.4, 0.5) is 0 Å². The summed E-state index contributed by atoms with van der Waals surface area (Å²) in [7, 11) is 0. The average Bonchev–Trinajstić information content (AvgIpc) is 2.61. The van der Waals surface area contributed by atoms with E-state index in [2.05, 4.69) is 10.3 Å². The van der Waals surface area contributed by atoms with Crippen molar-refractivity contribution in [1.82, 2.24) is 19.9 Å². The van der Waals surface area contributed by atoms with E-state index in [1.54, 1.807) is 22.0 Å². The highest BCUT2D eigenvalue weighted by molar-refractivity contribution is 5.77. The van der Waals surface area contributed by atoms with E-state index in [4.69, 9.17) is 5.73 Å². The van der Waals surface area contributed by atoms with Crippen LogP contribution in [0.25, 0.3) is 0 Å². The molecular formula is C8H13N5O. The van der Waals surface area contributed by atoms with Crippen LogP contribution >= 0.6 is 0 Å². The lowest BCUT2D eigenvalue weighted by Gasteiger charge is -2.36. The average molecular weight is 195 g/mol. The lowest BCUT2D eigenvalue weighted by atomic mass is 10.1. The number of nitrogens with two attached hydrogens (primary N) is 1. The lowest BCUT2D eigenvalue weighted by Crippen LogP contribution is -2.57. The van der Waals surface area contributed by atoms with Gasteiger partial charge < -0.3 is 10.6 Å². The third kappa shape index (κ3) is 1.90. The maximum Gasteiger partial charge on any atom is 0.224 e. The largest absolute Gasteiger partial charge is 0.339 e. The van der Waals surface area contributed by atoms with Gasteiger partial charge in [0.25, 0.3) is 0 Å². The number of hydrogen-bond acceptors (Lipinski definition) is 4. The fraction of sp³-hybridized carbons (Fsp3) is 0.625. The zero-order valence-corrected chi connectivity index (χ0v) is 7.83. The summed E-state index contributed by atoms with van der Waals surface area (Å²) >= 11 is 0. The van der Waals surface area contributed by atoms with Gasteiger partial charge in [-0.1, -0.05) is 5.21 Å². The lowest BCUT2D eigenvalue weighted by molar-refractivity contribution is -0.135. The normalized spacial score (nSPS) is 16.8. The van der Waals surface area contributed by atoms with E-state index in [-0.39, 0.29) is 11.9 Å².